The maximum absolute atomic E-state index is 14.3. The Morgan fingerprint density at radius 1 is 1.13 bits per heavy atom. The number of halogens is 1. The highest BCUT2D eigenvalue weighted by Crippen LogP contribution is 2.47. The van der Waals surface area contributed by atoms with Gasteiger partial charge in [0, 0.05) is 36.3 Å². The average Bonchev–Trinajstić information content (AvgIpc) is 3.98. The molecule has 3 fully saturated rings. The van der Waals surface area contributed by atoms with Crippen LogP contribution in [0, 0.1) is 17.8 Å². The first-order valence-electron chi connectivity index (χ1n) is 17.9. The van der Waals surface area contributed by atoms with Crippen LogP contribution in [0.3, 0.4) is 0 Å². The van der Waals surface area contributed by atoms with Crippen LogP contribution < -0.4 is 19.5 Å². The monoisotopic (exact) mass is 769 g/mol. The number of hydrogen-bond donors (Lipinski definition) is 2. The van der Waals surface area contributed by atoms with E-state index in [0.29, 0.717) is 57.5 Å². The summed E-state index contributed by atoms with van der Waals surface area (Å²) in [5, 5.41) is 6.02. The summed E-state index contributed by atoms with van der Waals surface area (Å²) < 4.78 is 40.0. The molecule has 3 aliphatic carbocycles. The number of ether oxygens (including phenoxy) is 2. The minimum atomic E-state index is -3.84. The molecule has 2 N–H and O–H groups in total. The molecule has 3 heterocycles. The predicted molar refractivity (Wildman–Crippen MR) is 199 cm³/mol. The number of amides is 3. The molecular formula is C37H44ClN5O7S2. The van der Waals surface area contributed by atoms with E-state index in [1.54, 1.807) is 18.0 Å². The summed E-state index contributed by atoms with van der Waals surface area (Å²) in [4.78, 5) is 53.2. The van der Waals surface area contributed by atoms with Gasteiger partial charge < -0.3 is 19.7 Å². The van der Waals surface area contributed by atoms with Crippen molar-refractivity contribution in [2.45, 2.75) is 88.0 Å². The highest BCUT2D eigenvalue weighted by molar-refractivity contribution is 7.91. The number of methoxy groups -OCH3 is 1. The summed E-state index contributed by atoms with van der Waals surface area (Å²) in [6, 6.07) is 5.39. The Morgan fingerprint density at radius 3 is 2.62 bits per heavy atom. The third kappa shape index (κ3) is 7.13. The lowest BCUT2D eigenvalue weighted by atomic mass is 9.93. The number of nitrogens with zero attached hydrogens (tertiary/aromatic N) is 3. The summed E-state index contributed by atoms with van der Waals surface area (Å²) in [5.41, 5.74) is 0.576. The number of fused-ring (bicyclic) bond motifs is 3. The van der Waals surface area contributed by atoms with E-state index in [0.717, 1.165) is 25.0 Å². The van der Waals surface area contributed by atoms with Gasteiger partial charge in [-0.25, -0.2) is 18.4 Å². The number of sulfonamides is 1. The standard InChI is InChI=1S/C37H44ClN5O7S2/c1-20(2)28-19-51-34(40-28)27-17-30(24-12-13-29(49-4)31(38)32(24)39-27)50-22-15-25-26(16-22)35(45)43(3)14-8-6-5-7-9-21-18-37(21,41-33(25)44)36(46)42-52(47,48)23-10-11-23/h7,9,12-13,17,19-23,25-26H,5-6,8,10-11,14-16,18H2,1-4H3,(H,41,44)(H,42,46)/b9-7-/t21-,22?,25-,26-,37-/m1/s1. The first-order valence-corrected chi connectivity index (χ1v) is 20.7. The molecule has 0 spiro atoms. The lowest BCUT2D eigenvalue weighted by Gasteiger charge is -2.26. The molecule has 4 aliphatic rings. The zero-order chi connectivity index (χ0) is 36.9. The summed E-state index contributed by atoms with van der Waals surface area (Å²) in [5.74, 6) is -2.09. The molecule has 3 aromatic rings. The number of rotatable bonds is 8. The zero-order valence-corrected chi connectivity index (χ0v) is 32.1. The van der Waals surface area contributed by atoms with Crippen LogP contribution in [0.15, 0.2) is 35.7 Å². The third-order valence-corrected chi connectivity index (χ3v) is 13.8. The molecule has 3 saturated carbocycles. The first kappa shape index (κ1) is 36.6. The van der Waals surface area contributed by atoms with E-state index in [1.165, 1.54) is 18.4 Å². The van der Waals surface area contributed by atoms with Gasteiger partial charge in [0.25, 0.3) is 5.91 Å². The summed E-state index contributed by atoms with van der Waals surface area (Å²) >= 11 is 8.27. The van der Waals surface area contributed by atoms with Crippen molar-refractivity contribution in [1.82, 2.24) is 24.9 Å². The lowest BCUT2D eigenvalue weighted by Crippen LogP contribution is -2.54. The SMILES string of the molecule is COc1ccc2c(OC3C[C@H]4C(=O)N[C@]5(C(=O)NS(=O)(=O)C6CC6)C[C@H]5/C=C\CCCCN(C)C(=O)[C@@H]4C3)cc(-c3nc(C(C)C)cs3)nc2c1Cl. The van der Waals surface area contributed by atoms with Gasteiger partial charge in [0.2, 0.25) is 21.8 Å². The number of allylic oxidation sites excluding steroid dienone is 1. The predicted octanol–water partition coefficient (Wildman–Crippen LogP) is 5.60. The number of pyridine rings is 1. The van der Waals surface area contributed by atoms with Crippen LogP contribution in [0.2, 0.25) is 5.02 Å². The molecule has 278 valence electrons. The largest absolute Gasteiger partial charge is 0.495 e. The van der Waals surface area contributed by atoms with Crippen LogP contribution >= 0.6 is 22.9 Å². The van der Waals surface area contributed by atoms with Crippen molar-refractivity contribution >= 4 is 61.6 Å². The molecule has 5 atom stereocenters. The minimum Gasteiger partial charge on any atom is -0.495 e. The van der Waals surface area contributed by atoms with E-state index >= 15 is 0 Å². The van der Waals surface area contributed by atoms with Gasteiger partial charge in [-0.15, -0.1) is 11.3 Å². The number of carbonyl (C=O) groups is 3. The van der Waals surface area contributed by atoms with Crippen molar-refractivity contribution in [3.63, 3.8) is 0 Å². The van der Waals surface area contributed by atoms with Crippen LogP contribution in [0.5, 0.6) is 11.5 Å². The molecule has 1 aliphatic heterocycles. The highest BCUT2D eigenvalue weighted by atomic mass is 35.5. The Kier molecular flexibility index (Phi) is 10.0. The zero-order valence-electron chi connectivity index (χ0n) is 29.7. The number of benzene rings is 1. The topological polar surface area (TPSA) is 157 Å². The molecule has 1 unspecified atom stereocenters. The summed E-state index contributed by atoms with van der Waals surface area (Å²) in [7, 11) is -0.553. The Morgan fingerprint density at radius 2 is 1.90 bits per heavy atom. The maximum atomic E-state index is 14.3. The number of nitrogens with one attached hydrogen (secondary N) is 2. The molecule has 3 amide bonds. The van der Waals surface area contributed by atoms with Gasteiger partial charge in [0.15, 0.2) is 0 Å². The van der Waals surface area contributed by atoms with Gasteiger partial charge in [-0.1, -0.05) is 37.6 Å². The van der Waals surface area contributed by atoms with Crippen LogP contribution in [0.25, 0.3) is 21.6 Å². The summed E-state index contributed by atoms with van der Waals surface area (Å²) in [6.07, 6.45) is 7.42. The van der Waals surface area contributed by atoms with E-state index < -0.39 is 50.6 Å². The molecule has 2 aromatic heterocycles. The van der Waals surface area contributed by atoms with Crippen LogP contribution in [0.1, 0.15) is 76.8 Å². The second-order valence-corrected chi connectivity index (χ2v) is 18.0. The fraction of sp³-hybridized carbons (Fsp3) is 0.541. The maximum Gasteiger partial charge on any atom is 0.259 e. The fourth-order valence-corrected chi connectivity index (χ4v) is 9.90. The van der Waals surface area contributed by atoms with Crippen molar-refractivity contribution in [2.75, 3.05) is 20.7 Å². The molecule has 52 heavy (non-hydrogen) atoms. The molecule has 0 saturated heterocycles. The van der Waals surface area contributed by atoms with Crippen molar-refractivity contribution < 1.29 is 32.3 Å². The molecule has 7 rings (SSSR count). The van der Waals surface area contributed by atoms with Gasteiger partial charge in [0.1, 0.15) is 38.9 Å². The average molecular weight is 770 g/mol. The Bertz CT molecular complexity index is 2050. The van der Waals surface area contributed by atoms with Crippen molar-refractivity contribution in [1.29, 1.82) is 0 Å². The lowest BCUT2D eigenvalue weighted by molar-refractivity contribution is -0.140. The number of hydrogen-bond acceptors (Lipinski definition) is 10. The molecule has 1 aromatic carbocycles. The molecule has 0 bridgehead atoms. The van der Waals surface area contributed by atoms with E-state index in [1.807, 2.05) is 29.7 Å². The second-order valence-electron chi connectivity index (χ2n) is 14.8. The van der Waals surface area contributed by atoms with Gasteiger partial charge in [-0.3, -0.25) is 19.1 Å². The molecule has 15 heteroatoms. The molecular weight excluding hydrogens is 726 g/mol. The molecule has 0 radical (unpaired) electrons. The quantitative estimate of drug-likeness (QED) is 0.279. The van der Waals surface area contributed by atoms with Crippen LogP contribution in [-0.4, -0.2) is 78.6 Å². The van der Waals surface area contributed by atoms with E-state index in [-0.39, 0.29) is 37.0 Å². The van der Waals surface area contributed by atoms with E-state index in [9.17, 15) is 22.8 Å². The first-order chi connectivity index (χ1) is 24.8. The van der Waals surface area contributed by atoms with Crippen molar-refractivity contribution in [3.05, 3.63) is 46.4 Å². The van der Waals surface area contributed by atoms with Gasteiger partial charge in [0.05, 0.1) is 35.4 Å². The van der Waals surface area contributed by atoms with E-state index in [4.69, 9.17) is 31.0 Å². The van der Waals surface area contributed by atoms with Gasteiger partial charge >= 0.3 is 0 Å². The number of carbonyl (C=O) groups excluding carboxylic acids is 3. The van der Waals surface area contributed by atoms with Crippen molar-refractivity contribution in [2.24, 2.45) is 17.8 Å². The second kappa shape index (κ2) is 14.2. The summed E-state index contributed by atoms with van der Waals surface area (Å²) in [6.45, 7) is 4.69. The number of aromatic nitrogens is 2. The van der Waals surface area contributed by atoms with Crippen LogP contribution in [0.4, 0.5) is 0 Å². The number of thiazole rings is 1. The van der Waals surface area contributed by atoms with E-state index in [2.05, 4.69) is 23.9 Å². The minimum absolute atomic E-state index is 0.168. The van der Waals surface area contributed by atoms with Gasteiger partial charge in [-0.05, 0) is 69.4 Å². The Balaban J connectivity index is 1.21. The smallest absolute Gasteiger partial charge is 0.259 e. The van der Waals surface area contributed by atoms with Crippen molar-refractivity contribution in [3.8, 4) is 22.2 Å². The normalized spacial score (nSPS) is 27.4. The van der Waals surface area contributed by atoms with Gasteiger partial charge in [-0.2, -0.15) is 0 Å². The highest BCUT2D eigenvalue weighted by Gasteiger charge is 2.62. The van der Waals surface area contributed by atoms with Crippen LogP contribution in [-0.2, 0) is 24.4 Å². The Labute approximate surface area is 312 Å². The third-order valence-electron chi connectivity index (χ3n) is 10.7. The molecule has 12 nitrogen and oxygen atoms in total. The Hall–Kier alpha value is -3.75. The fourth-order valence-electron chi connectivity index (χ4n) is 7.31.